The molecule has 0 amide bonds. The van der Waals surface area contributed by atoms with Crippen LogP contribution in [0.3, 0.4) is 0 Å². The van der Waals surface area contributed by atoms with E-state index in [1.807, 2.05) is 54.8 Å². The van der Waals surface area contributed by atoms with Gasteiger partial charge in [-0.2, -0.15) is 0 Å². The van der Waals surface area contributed by atoms with Gasteiger partial charge in [0.1, 0.15) is 22.8 Å². The molecule has 0 aliphatic rings. The first-order chi connectivity index (χ1) is 13.7. The van der Waals surface area contributed by atoms with Crippen LogP contribution in [0.15, 0.2) is 57.1 Å². The second kappa shape index (κ2) is 7.81. The third-order valence-corrected chi connectivity index (χ3v) is 5.08. The second-order valence-corrected chi connectivity index (χ2v) is 6.99. The van der Waals surface area contributed by atoms with E-state index in [0.29, 0.717) is 41.1 Å². The summed E-state index contributed by atoms with van der Waals surface area (Å²) >= 11 is 1.48. The van der Waals surface area contributed by atoms with Crippen molar-refractivity contribution in [1.82, 2.24) is 30.1 Å². The lowest BCUT2D eigenvalue weighted by Crippen LogP contribution is -2.00. The van der Waals surface area contributed by atoms with Crippen LogP contribution in [0.5, 0.6) is 0 Å². The van der Waals surface area contributed by atoms with Crippen molar-refractivity contribution in [2.24, 2.45) is 0 Å². The van der Waals surface area contributed by atoms with Crippen LogP contribution in [-0.4, -0.2) is 30.1 Å². The summed E-state index contributed by atoms with van der Waals surface area (Å²) in [6.07, 6.45) is 1.81. The molecule has 4 aromatic rings. The molecule has 0 spiro atoms. The summed E-state index contributed by atoms with van der Waals surface area (Å²) in [5, 5.41) is 21.6. The number of aromatic nitrogens is 6. The summed E-state index contributed by atoms with van der Waals surface area (Å²) in [6, 6.07) is 9.76. The summed E-state index contributed by atoms with van der Waals surface area (Å²) in [5.74, 6) is 2.82. The lowest BCUT2D eigenvalue weighted by atomic mass is 10.1. The fourth-order valence-corrected chi connectivity index (χ4v) is 3.59. The van der Waals surface area contributed by atoms with Gasteiger partial charge in [0.25, 0.3) is 5.89 Å². The molecular formula is C19H18N6O2S. The molecule has 9 heteroatoms. The average molecular weight is 394 g/mol. The second-order valence-electron chi connectivity index (χ2n) is 6.05. The van der Waals surface area contributed by atoms with E-state index in [0.717, 1.165) is 16.5 Å². The van der Waals surface area contributed by atoms with Crippen LogP contribution in [0.25, 0.3) is 22.7 Å². The third kappa shape index (κ3) is 3.48. The highest BCUT2D eigenvalue weighted by Gasteiger charge is 2.22. The van der Waals surface area contributed by atoms with Gasteiger partial charge < -0.3 is 13.5 Å². The summed E-state index contributed by atoms with van der Waals surface area (Å²) in [6.45, 7) is 8.15. The molecule has 0 unspecified atom stereocenters. The van der Waals surface area contributed by atoms with Gasteiger partial charge in [-0.25, -0.2) is 0 Å². The molecule has 4 rings (SSSR count). The molecule has 28 heavy (non-hydrogen) atoms. The van der Waals surface area contributed by atoms with Crippen molar-refractivity contribution in [3.8, 4) is 22.7 Å². The van der Waals surface area contributed by atoms with Gasteiger partial charge in [0, 0.05) is 12.1 Å². The van der Waals surface area contributed by atoms with Gasteiger partial charge in [-0.1, -0.05) is 53.3 Å². The maximum Gasteiger partial charge on any atom is 0.253 e. The van der Waals surface area contributed by atoms with Crippen LogP contribution < -0.4 is 0 Å². The van der Waals surface area contributed by atoms with Crippen molar-refractivity contribution in [2.45, 2.75) is 31.3 Å². The summed E-state index contributed by atoms with van der Waals surface area (Å²) < 4.78 is 13.2. The van der Waals surface area contributed by atoms with E-state index in [2.05, 4.69) is 32.1 Å². The molecule has 3 aromatic heterocycles. The van der Waals surface area contributed by atoms with E-state index in [1.54, 1.807) is 0 Å². The Hall–Kier alpha value is -3.20. The number of aryl methyl sites for hydroxylation is 2. The van der Waals surface area contributed by atoms with Crippen LogP contribution in [0.2, 0.25) is 0 Å². The standard InChI is InChI=1S/C19H18N6O2S/c1-4-10-25-13(3)20-23-19(25)28-11-15-21-22-18(26-15)16-12(2)27-24-17(16)14-8-6-5-7-9-14/h4-9H,1,10-11H2,2-3H3. The largest absolute Gasteiger partial charge is 0.420 e. The fourth-order valence-electron chi connectivity index (χ4n) is 2.76. The molecule has 0 radical (unpaired) electrons. The normalized spacial score (nSPS) is 11.1. The van der Waals surface area contributed by atoms with Crippen LogP contribution in [0.4, 0.5) is 0 Å². The number of thioether (sulfide) groups is 1. The van der Waals surface area contributed by atoms with Gasteiger partial charge in [-0.3, -0.25) is 0 Å². The van der Waals surface area contributed by atoms with Gasteiger partial charge in [-0.05, 0) is 13.8 Å². The Kier molecular flexibility index (Phi) is 5.07. The van der Waals surface area contributed by atoms with E-state index >= 15 is 0 Å². The van der Waals surface area contributed by atoms with E-state index in [1.165, 1.54) is 11.8 Å². The number of hydrogen-bond donors (Lipinski definition) is 0. The molecule has 0 aliphatic carbocycles. The average Bonchev–Trinajstić information content (AvgIpc) is 3.41. The Morgan fingerprint density at radius 3 is 2.71 bits per heavy atom. The highest BCUT2D eigenvalue weighted by molar-refractivity contribution is 7.98. The Morgan fingerprint density at radius 2 is 1.93 bits per heavy atom. The zero-order valence-corrected chi connectivity index (χ0v) is 16.3. The van der Waals surface area contributed by atoms with Crippen LogP contribution in [0.1, 0.15) is 17.5 Å². The molecule has 0 saturated heterocycles. The zero-order valence-electron chi connectivity index (χ0n) is 15.5. The Balaban J connectivity index is 1.56. The minimum atomic E-state index is 0.386. The van der Waals surface area contributed by atoms with Gasteiger partial charge in [0.15, 0.2) is 5.16 Å². The summed E-state index contributed by atoms with van der Waals surface area (Å²) in [7, 11) is 0. The van der Waals surface area contributed by atoms with Crippen molar-refractivity contribution < 1.29 is 8.94 Å². The lowest BCUT2D eigenvalue weighted by molar-refractivity contribution is 0.399. The molecule has 0 bridgehead atoms. The van der Waals surface area contributed by atoms with Gasteiger partial charge in [0.2, 0.25) is 5.89 Å². The van der Waals surface area contributed by atoms with Crippen LogP contribution in [0, 0.1) is 13.8 Å². The fraction of sp³-hybridized carbons (Fsp3) is 0.211. The minimum Gasteiger partial charge on any atom is -0.420 e. The Labute approximate surface area is 165 Å². The lowest BCUT2D eigenvalue weighted by Gasteiger charge is -2.03. The number of nitrogens with zero attached hydrogens (tertiary/aromatic N) is 6. The SMILES string of the molecule is C=CCn1c(C)nnc1SCc1nnc(-c2c(-c3ccccc3)noc2C)o1. The Morgan fingerprint density at radius 1 is 1.11 bits per heavy atom. The smallest absolute Gasteiger partial charge is 0.253 e. The number of benzene rings is 1. The predicted octanol–water partition coefficient (Wildman–Crippen LogP) is 4.08. The van der Waals surface area contributed by atoms with Crippen molar-refractivity contribution in [3.63, 3.8) is 0 Å². The zero-order chi connectivity index (χ0) is 19.5. The minimum absolute atomic E-state index is 0.386. The van der Waals surface area contributed by atoms with Crippen LogP contribution in [-0.2, 0) is 12.3 Å². The van der Waals surface area contributed by atoms with E-state index in [9.17, 15) is 0 Å². The van der Waals surface area contributed by atoms with E-state index in [4.69, 9.17) is 8.94 Å². The van der Waals surface area contributed by atoms with E-state index < -0.39 is 0 Å². The molecule has 0 fully saturated rings. The maximum atomic E-state index is 5.88. The first kappa shape index (κ1) is 18.2. The molecule has 0 saturated carbocycles. The molecule has 0 aliphatic heterocycles. The first-order valence-electron chi connectivity index (χ1n) is 8.65. The number of hydrogen-bond acceptors (Lipinski definition) is 8. The van der Waals surface area contributed by atoms with Crippen LogP contribution >= 0.6 is 11.8 Å². The van der Waals surface area contributed by atoms with Crippen molar-refractivity contribution in [2.75, 3.05) is 0 Å². The Bertz CT molecular complexity index is 1100. The van der Waals surface area contributed by atoms with E-state index in [-0.39, 0.29) is 0 Å². The van der Waals surface area contributed by atoms with Gasteiger partial charge in [0.05, 0.1) is 5.75 Å². The van der Waals surface area contributed by atoms with Gasteiger partial charge >= 0.3 is 0 Å². The molecular weight excluding hydrogens is 376 g/mol. The predicted molar refractivity (Wildman–Crippen MR) is 104 cm³/mol. The van der Waals surface area contributed by atoms with Crippen molar-refractivity contribution in [1.29, 1.82) is 0 Å². The molecule has 142 valence electrons. The third-order valence-electron chi connectivity index (χ3n) is 4.13. The highest BCUT2D eigenvalue weighted by Crippen LogP contribution is 2.34. The topological polar surface area (TPSA) is 95.7 Å². The molecule has 0 N–H and O–H groups in total. The highest BCUT2D eigenvalue weighted by atomic mass is 32.2. The summed E-state index contributed by atoms with van der Waals surface area (Å²) in [5.41, 5.74) is 2.32. The quantitative estimate of drug-likeness (QED) is 0.342. The van der Waals surface area contributed by atoms with Gasteiger partial charge in [-0.15, -0.1) is 27.0 Å². The molecule has 3 heterocycles. The molecule has 0 atom stereocenters. The monoisotopic (exact) mass is 394 g/mol. The van der Waals surface area contributed by atoms with Crippen molar-refractivity contribution in [3.05, 3.63) is 60.5 Å². The number of rotatable bonds is 7. The summed E-state index contributed by atoms with van der Waals surface area (Å²) in [4.78, 5) is 0. The maximum absolute atomic E-state index is 5.88. The first-order valence-corrected chi connectivity index (χ1v) is 9.64. The molecule has 1 aromatic carbocycles. The molecule has 8 nitrogen and oxygen atoms in total. The number of allylic oxidation sites excluding steroid dienone is 1. The van der Waals surface area contributed by atoms with Crippen molar-refractivity contribution >= 4 is 11.8 Å².